The first-order valence-electron chi connectivity index (χ1n) is 13.3. The maximum Gasteiger partial charge on any atom is 0.427 e. The van der Waals surface area contributed by atoms with Crippen LogP contribution in [0.2, 0.25) is 5.02 Å². The SMILES string of the molecule is C[C@H]1CN(c2c(F)cc3c(=O)n(NC(=O)OC(C)(C)C)c(=O)n(C4CC4)c3c2Cl)C[C@@H]1C(N)C(=O)OC(C)(C)C. The van der Waals surface area contributed by atoms with Crippen LogP contribution in [-0.4, -0.2) is 51.6 Å². The van der Waals surface area contributed by atoms with E-state index >= 15 is 4.39 Å². The highest BCUT2D eigenvalue weighted by Gasteiger charge is 2.41. The lowest BCUT2D eigenvalue weighted by molar-refractivity contribution is -0.158. The van der Waals surface area contributed by atoms with Gasteiger partial charge in [0.05, 0.1) is 21.6 Å². The van der Waals surface area contributed by atoms with E-state index in [1.807, 2.05) is 6.92 Å². The first kappa shape index (κ1) is 29.9. The Labute approximate surface area is 236 Å². The standard InChI is InChI=1S/C27H37ClFN5O6/c1-13-11-32(12-16(13)19(30)23(36)39-26(2,3)4)21-17(29)10-15-20(18(21)28)33(14-8-9-14)25(38)34(22(15)35)31-24(37)40-27(5,6)7/h10,13-14,16,19H,8-9,11-12,30H2,1-7H3,(H,31,37)/t13-,16-,19?/m0/s1. The lowest BCUT2D eigenvalue weighted by Crippen LogP contribution is -2.48. The van der Waals surface area contributed by atoms with Crippen LogP contribution in [0.3, 0.4) is 0 Å². The summed E-state index contributed by atoms with van der Waals surface area (Å²) in [6.45, 7) is 12.6. The highest BCUT2D eigenvalue weighted by molar-refractivity contribution is 6.38. The molecular weight excluding hydrogens is 545 g/mol. The number of nitrogens with zero attached hydrogens (tertiary/aromatic N) is 3. The summed E-state index contributed by atoms with van der Waals surface area (Å²) in [6, 6.07) is -0.183. The Morgan fingerprint density at radius 2 is 1.70 bits per heavy atom. The number of halogens is 2. The number of hydrogen-bond acceptors (Lipinski definition) is 8. The Morgan fingerprint density at radius 1 is 1.10 bits per heavy atom. The van der Waals surface area contributed by atoms with Gasteiger partial charge in [0.2, 0.25) is 0 Å². The number of esters is 1. The Bertz CT molecular complexity index is 1470. The minimum absolute atomic E-state index is 0.0194. The van der Waals surface area contributed by atoms with Crippen molar-refractivity contribution in [2.75, 3.05) is 23.4 Å². The molecule has 1 aliphatic heterocycles. The fourth-order valence-electron chi connectivity index (χ4n) is 5.05. The van der Waals surface area contributed by atoms with Crippen LogP contribution in [0.5, 0.6) is 0 Å². The van der Waals surface area contributed by atoms with E-state index in [9.17, 15) is 19.2 Å². The van der Waals surface area contributed by atoms with Crippen LogP contribution in [0.4, 0.5) is 14.9 Å². The van der Waals surface area contributed by atoms with Gasteiger partial charge in [-0.3, -0.25) is 14.2 Å². The predicted molar refractivity (Wildman–Crippen MR) is 150 cm³/mol. The molecule has 1 saturated carbocycles. The lowest BCUT2D eigenvalue weighted by atomic mass is 9.91. The number of hydrogen-bond donors (Lipinski definition) is 2. The number of carbonyl (C=O) groups is 2. The van der Waals surface area contributed by atoms with E-state index in [4.69, 9.17) is 26.8 Å². The number of ether oxygens (including phenoxy) is 2. The molecule has 4 rings (SSSR count). The van der Waals surface area contributed by atoms with E-state index in [0.29, 0.717) is 24.1 Å². The van der Waals surface area contributed by atoms with Crippen molar-refractivity contribution in [3.63, 3.8) is 0 Å². The maximum atomic E-state index is 15.7. The van der Waals surface area contributed by atoms with Gasteiger partial charge in [0.15, 0.2) is 0 Å². The molecule has 1 aromatic carbocycles. The number of amides is 1. The number of benzene rings is 1. The first-order chi connectivity index (χ1) is 18.4. The Kier molecular flexibility index (Phi) is 7.74. The van der Waals surface area contributed by atoms with Crippen LogP contribution in [0.25, 0.3) is 10.9 Å². The normalized spacial score (nSPS) is 20.5. The van der Waals surface area contributed by atoms with Gasteiger partial charge in [-0.25, -0.2) is 19.4 Å². The first-order valence-corrected chi connectivity index (χ1v) is 13.7. The van der Waals surface area contributed by atoms with Gasteiger partial charge in [-0.05, 0) is 66.4 Å². The molecule has 2 aromatic rings. The molecule has 2 heterocycles. The van der Waals surface area contributed by atoms with E-state index in [1.165, 1.54) is 4.57 Å². The number of anilines is 1. The molecule has 3 atom stereocenters. The van der Waals surface area contributed by atoms with E-state index in [-0.39, 0.29) is 46.0 Å². The monoisotopic (exact) mass is 581 g/mol. The van der Waals surface area contributed by atoms with Gasteiger partial charge in [-0.2, -0.15) is 4.68 Å². The summed E-state index contributed by atoms with van der Waals surface area (Å²) < 4.78 is 28.2. The minimum atomic E-state index is -1.00. The molecule has 11 nitrogen and oxygen atoms in total. The smallest absolute Gasteiger partial charge is 0.427 e. The molecule has 1 aromatic heterocycles. The van der Waals surface area contributed by atoms with Crippen LogP contribution in [0.1, 0.15) is 67.3 Å². The maximum absolute atomic E-state index is 15.7. The van der Waals surface area contributed by atoms with Crippen molar-refractivity contribution in [1.29, 1.82) is 0 Å². The van der Waals surface area contributed by atoms with E-state index in [0.717, 1.165) is 6.07 Å². The van der Waals surface area contributed by atoms with E-state index in [2.05, 4.69) is 5.43 Å². The van der Waals surface area contributed by atoms with Gasteiger partial charge in [0.1, 0.15) is 23.1 Å². The third-order valence-corrected chi connectivity index (χ3v) is 7.24. The average molecular weight is 582 g/mol. The van der Waals surface area contributed by atoms with Crippen LogP contribution in [-0.2, 0) is 14.3 Å². The van der Waals surface area contributed by atoms with Crippen molar-refractivity contribution in [3.8, 4) is 0 Å². The average Bonchev–Trinajstić information content (AvgIpc) is 3.56. The quantitative estimate of drug-likeness (QED) is 0.512. The fraction of sp³-hybridized carbons (Fsp3) is 0.630. The molecule has 2 aliphatic rings. The third-order valence-electron chi connectivity index (χ3n) is 6.88. The fourth-order valence-corrected chi connectivity index (χ4v) is 5.45. The Hall–Kier alpha value is -3.12. The Morgan fingerprint density at radius 3 is 2.25 bits per heavy atom. The molecule has 0 radical (unpaired) electrons. The van der Waals surface area contributed by atoms with Crippen molar-refractivity contribution in [1.82, 2.24) is 9.24 Å². The zero-order valence-electron chi connectivity index (χ0n) is 23.8. The van der Waals surface area contributed by atoms with E-state index in [1.54, 1.807) is 46.4 Å². The largest absolute Gasteiger partial charge is 0.459 e. The molecule has 1 aliphatic carbocycles. The molecular formula is C27H37ClFN5O6. The second-order valence-electron chi connectivity index (χ2n) is 12.7. The van der Waals surface area contributed by atoms with Crippen molar-refractivity contribution in [2.45, 2.75) is 84.6 Å². The van der Waals surface area contributed by atoms with Gasteiger partial charge < -0.3 is 20.1 Å². The Balaban J connectivity index is 1.76. The van der Waals surface area contributed by atoms with Gasteiger partial charge in [-0.15, -0.1) is 0 Å². The summed E-state index contributed by atoms with van der Waals surface area (Å²) in [4.78, 5) is 53.5. The summed E-state index contributed by atoms with van der Waals surface area (Å²) >= 11 is 6.79. The minimum Gasteiger partial charge on any atom is -0.459 e. The summed E-state index contributed by atoms with van der Waals surface area (Å²) in [5, 5.41) is -0.262. The second-order valence-corrected chi connectivity index (χ2v) is 13.0. The number of carbonyl (C=O) groups excluding carboxylic acids is 2. The number of fused-ring (bicyclic) bond motifs is 1. The van der Waals surface area contributed by atoms with Crippen molar-refractivity contribution < 1.29 is 23.5 Å². The third kappa shape index (κ3) is 5.97. The van der Waals surface area contributed by atoms with Crippen molar-refractivity contribution in [3.05, 3.63) is 37.7 Å². The molecule has 13 heteroatoms. The zero-order chi connectivity index (χ0) is 29.9. The van der Waals surface area contributed by atoms with Gasteiger partial charge in [-0.1, -0.05) is 18.5 Å². The number of aromatic nitrogens is 2. The van der Waals surface area contributed by atoms with Gasteiger partial charge in [0.25, 0.3) is 5.56 Å². The highest BCUT2D eigenvalue weighted by Crippen LogP contribution is 2.42. The molecule has 0 bridgehead atoms. The molecule has 3 N–H and O–H groups in total. The summed E-state index contributed by atoms with van der Waals surface area (Å²) in [5.74, 6) is -1.78. The van der Waals surface area contributed by atoms with Crippen LogP contribution in [0, 0.1) is 17.7 Å². The van der Waals surface area contributed by atoms with Gasteiger partial charge in [0, 0.05) is 25.0 Å². The highest BCUT2D eigenvalue weighted by atomic mass is 35.5. The van der Waals surface area contributed by atoms with Crippen LogP contribution >= 0.6 is 11.6 Å². The second kappa shape index (κ2) is 10.4. The molecule has 1 unspecified atom stereocenters. The molecule has 2 fully saturated rings. The van der Waals surface area contributed by atoms with Gasteiger partial charge >= 0.3 is 17.8 Å². The lowest BCUT2D eigenvalue weighted by Gasteiger charge is -2.27. The molecule has 1 amide bonds. The number of nitrogens with two attached hydrogens (primary N) is 1. The topological polar surface area (TPSA) is 138 Å². The zero-order valence-corrected chi connectivity index (χ0v) is 24.6. The molecule has 40 heavy (non-hydrogen) atoms. The summed E-state index contributed by atoms with van der Waals surface area (Å²) in [5.41, 5.74) is 5.23. The molecule has 0 spiro atoms. The van der Waals surface area contributed by atoms with Crippen LogP contribution < -0.4 is 27.3 Å². The predicted octanol–water partition coefficient (Wildman–Crippen LogP) is 3.51. The number of nitrogens with one attached hydrogen (secondary N) is 1. The van der Waals surface area contributed by atoms with E-state index < -0.39 is 46.4 Å². The summed E-state index contributed by atoms with van der Waals surface area (Å²) in [6.07, 6.45) is 0.293. The molecule has 220 valence electrons. The molecule has 1 saturated heterocycles. The number of rotatable bonds is 5. The van der Waals surface area contributed by atoms with Crippen LogP contribution in [0.15, 0.2) is 15.7 Å². The van der Waals surface area contributed by atoms with Crippen molar-refractivity contribution >= 4 is 40.3 Å². The summed E-state index contributed by atoms with van der Waals surface area (Å²) in [7, 11) is 0. The van der Waals surface area contributed by atoms with Crippen molar-refractivity contribution in [2.24, 2.45) is 17.6 Å².